The van der Waals surface area contributed by atoms with E-state index >= 15 is 0 Å². The van der Waals surface area contributed by atoms with Crippen LogP contribution in [-0.2, 0) is 12.8 Å². The Bertz CT molecular complexity index is 552. The van der Waals surface area contributed by atoms with Gasteiger partial charge in [-0.2, -0.15) is 0 Å². The maximum atomic E-state index is 5.86. The quantitative estimate of drug-likeness (QED) is 0.853. The summed E-state index contributed by atoms with van der Waals surface area (Å²) in [4.78, 5) is 4.11. The minimum atomic E-state index is 0.600. The maximum Gasteiger partial charge on any atom is 0.126 e. The highest BCUT2D eigenvalue weighted by atomic mass is 16.5. The maximum absolute atomic E-state index is 5.86. The topological polar surface area (TPSA) is 48.1 Å². The highest BCUT2D eigenvalue weighted by molar-refractivity contribution is 5.49. The average molecular weight is 226 g/mol. The van der Waals surface area contributed by atoms with Crippen LogP contribution >= 0.6 is 0 Å². The average Bonchev–Trinajstić information content (AvgIpc) is 2.81. The number of nitrogens with zero attached hydrogens (tertiary/aromatic N) is 1. The van der Waals surface area contributed by atoms with Gasteiger partial charge >= 0.3 is 0 Å². The molecule has 1 aliphatic rings. The van der Waals surface area contributed by atoms with E-state index in [0.29, 0.717) is 5.82 Å². The number of aromatic nitrogens is 1. The molecule has 0 radical (unpaired) electrons. The molecule has 1 aromatic carbocycles. The third kappa shape index (κ3) is 1.84. The molecule has 0 amide bonds. The fraction of sp³-hybridized carbons (Fsp3) is 0.214. The summed E-state index contributed by atoms with van der Waals surface area (Å²) in [6, 6.07) is 10.2. The van der Waals surface area contributed by atoms with Gasteiger partial charge in [0.25, 0.3) is 0 Å². The van der Waals surface area contributed by atoms with Crippen LogP contribution in [-0.4, -0.2) is 11.6 Å². The third-order valence-electron chi connectivity index (χ3n) is 3.10. The van der Waals surface area contributed by atoms with Crippen molar-refractivity contribution in [3.63, 3.8) is 0 Å². The molecule has 3 rings (SSSR count). The SMILES string of the molecule is Nc1ncccc1Cc1cccc2c1OCC2. The zero-order chi connectivity index (χ0) is 11.7. The number of benzene rings is 1. The number of para-hydroxylation sites is 1. The van der Waals surface area contributed by atoms with Gasteiger partial charge in [-0.05, 0) is 22.8 Å². The second-order valence-electron chi connectivity index (χ2n) is 4.23. The first-order valence-corrected chi connectivity index (χ1v) is 5.77. The number of hydrogen-bond donors (Lipinski definition) is 1. The van der Waals surface area contributed by atoms with Crippen molar-refractivity contribution in [2.24, 2.45) is 0 Å². The molecule has 0 saturated heterocycles. The Morgan fingerprint density at radius 1 is 1.18 bits per heavy atom. The van der Waals surface area contributed by atoms with Gasteiger partial charge in [-0.25, -0.2) is 4.98 Å². The molecule has 3 heteroatoms. The second-order valence-corrected chi connectivity index (χ2v) is 4.23. The smallest absolute Gasteiger partial charge is 0.126 e. The molecule has 0 fully saturated rings. The van der Waals surface area contributed by atoms with Crippen LogP contribution in [0.4, 0.5) is 5.82 Å². The van der Waals surface area contributed by atoms with Crippen molar-refractivity contribution in [1.29, 1.82) is 0 Å². The third-order valence-corrected chi connectivity index (χ3v) is 3.10. The lowest BCUT2D eigenvalue weighted by Crippen LogP contribution is -1.99. The fourth-order valence-corrected chi connectivity index (χ4v) is 2.23. The summed E-state index contributed by atoms with van der Waals surface area (Å²) in [7, 11) is 0. The largest absolute Gasteiger partial charge is 0.493 e. The Labute approximate surface area is 100 Å². The van der Waals surface area contributed by atoms with Gasteiger partial charge < -0.3 is 10.5 Å². The van der Waals surface area contributed by atoms with Crippen LogP contribution in [0.25, 0.3) is 0 Å². The van der Waals surface area contributed by atoms with Crippen LogP contribution in [0.2, 0.25) is 0 Å². The van der Waals surface area contributed by atoms with Gasteiger partial charge in [0.2, 0.25) is 0 Å². The van der Waals surface area contributed by atoms with Crippen LogP contribution in [0, 0.1) is 0 Å². The van der Waals surface area contributed by atoms with Gasteiger partial charge in [0.15, 0.2) is 0 Å². The highest BCUT2D eigenvalue weighted by Crippen LogP contribution is 2.31. The van der Waals surface area contributed by atoms with Gasteiger partial charge in [-0.3, -0.25) is 0 Å². The van der Waals surface area contributed by atoms with Gasteiger partial charge in [-0.1, -0.05) is 24.3 Å². The number of anilines is 1. The summed E-state index contributed by atoms with van der Waals surface area (Å²) >= 11 is 0. The summed E-state index contributed by atoms with van der Waals surface area (Å²) in [6.07, 6.45) is 3.50. The molecule has 0 atom stereocenters. The number of rotatable bonds is 2. The van der Waals surface area contributed by atoms with Crippen LogP contribution in [0.5, 0.6) is 5.75 Å². The lowest BCUT2D eigenvalue weighted by Gasteiger charge is -2.09. The Balaban J connectivity index is 1.97. The van der Waals surface area contributed by atoms with Crippen molar-refractivity contribution in [1.82, 2.24) is 4.98 Å². The van der Waals surface area contributed by atoms with Crippen molar-refractivity contribution in [2.75, 3.05) is 12.3 Å². The Kier molecular flexibility index (Phi) is 2.44. The van der Waals surface area contributed by atoms with E-state index in [1.54, 1.807) is 6.20 Å². The van der Waals surface area contributed by atoms with Gasteiger partial charge in [0.05, 0.1) is 6.61 Å². The molecule has 2 aromatic rings. The van der Waals surface area contributed by atoms with Crippen molar-refractivity contribution in [3.05, 3.63) is 53.2 Å². The number of hydrogen-bond acceptors (Lipinski definition) is 3. The van der Waals surface area contributed by atoms with E-state index < -0.39 is 0 Å². The summed E-state index contributed by atoms with van der Waals surface area (Å²) in [6.45, 7) is 0.787. The van der Waals surface area contributed by atoms with Gasteiger partial charge in [-0.15, -0.1) is 0 Å². The number of pyridine rings is 1. The molecule has 17 heavy (non-hydrogen) atoms. The molecule has 0 aliphatic carbocycles. The van der Waals surface area contributed by atoms with E-state index in [1.165, 1.54) is 11.1 Å². The molecule has 1 aromatic heterocycles. The van der Waals surface area contributed by atoms with E-state index in [4.69, 9.17) is 10.5 Å². The molecular formula is C14H14N2O. The second kappa shape index (κ2) is 4.09. The minimum Gasteiger partial charge on any atom is -0.493 e. The predicted octanol–water partition coefficient (Wildman–Crippen LogP) is 2.19. The summed E-state index contributed by atoms with van der Waals surface area (Å²) in [5.74, 6) is 1.64. The molecule has 0 bridgehead atoms. The monoisotopic (exact) mass is 226 g/mol. The Hall–Kier alpha value is -2.03. The highest BCUT2D eigenvalue weighted by Gasteiger charge is 2.16. The van der Waals surface area contributed by atoms with Crippen LogP contribution in [0.3, 0.4) is 0 Å². The summed E-state index contributed by atoms with van der Waals surface area (Å²) < 4.78 is 5.68. The van der Waals surface area contributed by atoms with Crippen molar-refractivity contribution >= 4 is 5.82 Å². The van der Waals surface area contributed by atoms with E-state index in [-0.39, 0.29) is 0 Å². The number of fused-ring (bicyclic) bond motifs is 1. The van der Waals surface area contributed by atoms with E-state index in [1.807, 2.05) is 12.1 Å². The molecule has 2 heterocycles. The Morgan fingerprint density at radius 2 is 2.06 bits per heavy atom. The zero-order valence-corrected chi connectivity index (χ0v) is 9.52. The van der Waals surface area contributed by atoms with Gasteiger partial charge in [0.1, 0.15) is 11.6 Å². The minimum absolute atomic E-state index is 0.600. The number of ether oxygens (including phenoxy) is 1. The standard InChI is InChI=1S/C14H14N2O/c15-14-12(5-2-7-16-14)9-11-4-1-3-10-6-8-17-13(10)11/h1-5,7H,6,8-9H2,(H2,15,16). The van der Waals surface area contributed by atoms with Crippen molar-refractivity contribution in [2.45, 2.75) is 12.8 Å². The predicted molar refractivity (Wildman–Crippen MR) is 67.1 cm³/mol. The lowest BCUT2D eigenvalue weighted by atomic mass is 10.0. The molecule has 0 saturated carbocycles. The normalized spacial score (nSPS) is 13.2. The molecular weight excluding hydrogens is 212 g/mol. The van der Waals surface area contributed by atoms with E-state index in [0.717, 1.165) is 30.8 Å². The zero-order valence-electron chi connectivity index (χ0n) is 9.52. The van der Waals surface area contributed by atoms with Crippen LogP contribution < -0.4 is 10.5 Å². The number of nitrogens with two attached hydrogens (primary N) is 1. The number of nitrogen functional groups attached to an aromatic ring is 1. The fourth-order valence-electron chi connectivity index (χ4n) is 2.23. The van der Waals surface area contributed by atoms with Gasteiger partial charge in [0, 0.05) is 19.0 Å². The molecule has 86 valence electrons. The van der Waals surface area contributed by atoms with Crippen molar-refractivity contribution < 1.29 is 4.74 Å². The molecule has 1 aliphatic heterocycles. The summed E-state index contributed by atoms with van der Waals surface area (Å²) in [5, 5.41) is 0. The first-order valence-electron chi connectivity index (χ1n) is 5.77. The first kappa shape index (κ1) is 10.1. The van der Waals surface area contributed by atoms with Crippen molar-refractivity contribution in [3.8, 4) is 5.75 Å². The van der Waals surface area contributed by atoms with Crippen LogP contribution in [0.15, 0.2) is 36.5 Å². The lowest BCUT2D eigenvalue weighted by molar-refractivity contribution is 0.354. The molecule has 2 N–H and O–H groups in total. The van der Waals surface area contributed by atoms with Crippen LogP contribution in [0.1, 0.15) is 16.7 Å². The van der Waals surface area contributed by atoms with E-state index in [9.17, 15) is 0 Å². The van der Waals surface area contributed by atoms with E-state index in [2.05, 4.69) is 23.2 Å². The molecule has 0 spiro atoms. The molecule has 3 nitrogen and oxygen atoms in total. The Morgan fingerprint density at radius 3 is 2.94 bits per heavy atom. The molecule has 0 unspecified atom stereocenters. The summed E-state index contributed by atoms with van der Waals surface area (Å²) in [5.41, 5.74) is 9.40. The first-order chi connectivity index (χ1) is 8.34.